The first-order valence-electron chi connectivity index (χ1n) is 6.12. The summed E-state index contributed by atoms with van der Waals surface area (Å²) in [4.78, 5) is 12.3. The predicted octanol–water partition coefficient (Wildman–Crippen LogP) is 5.39. The maximum absolute atomic E-state index is 13.7. The van der Waals surface area contributed by atoms with Gasteiger partial charge in [0.15, 0.2) is 5.78 Å². The average molecular weight is 400 g/mol. The second-order valence-electron chi connectivity index (χ2n) is 4.76. The fourth-order valence-electron chi connectivity index (χ4n) is 2.06. The van der Waals surface area contributed by atoms with Crippen molar-refractivity contribution in [2.75, 3.05) is 0 Å². The molecule has 0 aliphatic heterocycles. The molecule has 0 aromatic heterocycles. The molecule has 0 N–H and O–H groups in total. The third-order valence-electron chi connectivity index (χ3n) is 3.12. The van der Waals surface area contributed by atoms with Crippen LogP contribution >= 0.6 is 31.9 Å². The summed E-state index contributed by atoms with van der Waals surface area (Å²) >= 11 is 6.76. The molecule has 0 saturated carbocycles. The Kier molecular flexibility index (Phi) is 4.76. The lowest BCUT2D eigenvalue weighted by Crippen LogP contribution is -2.06. The van der Waals surface area contributed by atoms with Gasteiger partial charge in [0.25, 0.3) is 0 Å². The first-order valence-corrected chi connectivity index (χ1v) is 7.71. The lowest BCUT2D eigenvalue weighted by Gasteiger charge is -2.08. The van der Waals surface area contributed by atoms with Crippen LogP contribution in [0.4, 0.5) is 4.39 Å². The summed E-state index contributed by atoms with van der Waals surface area (Å²) in [6, 6.07) is 8.29. The van der Waals surface area contributed by atoms with Crippen LogP contribution in [0, 0.1) is 19.7 Å². The molecule has 0 aliphatic carbocycles. The average Bonchev–Trinajstić information content (AvgIpc) is 2.39. The minimum Gasteiger partial charge on any atom is -0.294 e. The fraction of sp³-hybridized carbons (Fsp3) is 0.188. The lowest BCUT2D eigenvalue weighted by molar-refractivity contribution is 0.0991. The van der Waals surface area contributed by atoms with Crippen molar-refractivity contribution >= 4 is 37.6 Å². The van der Waals surface area contributed by atoms with E-state index in [4.69, 9.17) is 0 Å². The molecule has 0 atom stereocenters. The van der Waals surface area contributed by atoms with Crippen LogP contribution in [-0.2, 0) is 6.42 Å². The molecule has 0 spiro atoms. The summed E-state index contributed by atoms with van der Waals surface area (Å²) in [5.41, 5.74) is 3.02. The zero-order chi connectivity index (χ0) is 14.9. The van der Waals surface area contributed by atoms with Crippen LogP contribution < -0.4 is 0 Å². The number of carbonyl (C=O) groups excluding carboxylic acids is 1. The van der Waals surface area contributed by atoms with Crippen LogP contribution in [-0.4, -0.2) is 5.78 Å². The predicted molar refractivity (Wildman–Crippen MR) is 85.8 cm³/mol. The maximum Gasteiger partial charge on any atom is 0.167 e. The van der Waals surface area contributed by atoms with Crippen molar-refractivity contribution in [2.45, 2.75) is 20.3 Å². The largest absolute Gasteiger partial charge is 0.294 e. The highest BCUT2D eigenvalue weighted by Crippen LogP contribution is 2.24. The summed E-state index contributed by atoms with van der Waals surface area (Å²) in [6.45, 7) is 3.88. The Labute approximate surface area is 134 Å². The maximum atomic E-state index is 13.7. The molecule has 2 aromatic carbocycles. The summed E-state index contributed by atoms with van der Waals surface area (Å²) in [5, 5.41) is 0. The minimum absolute atomic E-state index is 0.0613. The number of hydrogen-bond donors (Lipinski definition) is 0. The molecule has 20 heavy (non-hydrogen) atoms. The zero-order valence-electron chi connectivity index (χ0n) is 11.1. The van der Waals surface area contributed by atoms with Gasteiger partial charge in [0.1, 0.15) is 5.82 Å². The minimum atomic E-state index is -0.355. The highest BCUT2D eigenvalue weighted by atomic mass is 79.9. The van der Waals surface area contributed by atoms with E-state index in [9.17, 15) is 9.18 Å². The first-order chi connectivity index (χ1) is 9.38. The molecule has 2 rings (SSSR count). The molecule has 0 bridgehead atoms. The first kappa shape index (κ1) is 15.4. The molecule has 1 nitrogen and oxygen atoms in total. The molecular weight excluding hydrogens is 387 g/mol. The Morgan fingerprint density at radius 1 is 1.10 bits per heavy atom. The van der Waals surface area contributed by atoms with Gasteiger partial charge in [0, 0.05) is 20.9 Å². The van der Waals surface area contributed by atoms with Crippen LogP contribution in [0.1, 0.15) is 27.0 Å². The van der Waals surface area contributed by atoms with Crippen LogP contribution in [0.25, 0.3) is 0 Å². The number of ketones is 1. The molecule has 104 valence electrons. The number of halogens is 3. The van der Waals surface area contributed by atoms with Crippen LogP contribution in [0.5, 0.6) is 0 Å². The van der Waals surface area contributed by atoms with Crippen molar-refractivity contribution in [3.05, 3.63) is 67.3 Å². The molecule has 0 amide bonds. The van der Waals surface area contributed by atoms with E-state index in [-0.39, 0.29) is 18.0 Å². The van der Waals surface area contributed by atoms with E-state index in [0.29, 0.717) is 11.1 Å². The van der Waals surface area contributed by atoms with Crippen molar-refractivity contribution in [3.63, 3.8) is 0 Å². The van der Waals surface area contributed by atoms with Gasteiger partial charge in [0.2, 0.25) is 0 Å². The monoisotopic (exact) mass is 398 g/mol. The van der Waals surface area contributed by atoms with Gasteiger partial charge >= 0.3 is 0 Å². The summed E-state index contributed by atoms with van der Waals surface area (Å²) < 4.78 is 15.5. The number of benzene rings is 2. The highest BCUT2D eigenvalue weighted by Gasteiger charge is 2.13. The van der Waals surface area contributed by atoms with E-state index in [1.807, 2.05) is 26.0 Å². The quantitative estimate of drug-likeness (QED) is 0.632. The van der Waals surface area contributed by atoms with Gasteiger partial charge in [-0.2, -0.15) is 0 Å². The second-order valence-corrected chi connectivity index (χ2v) is 6.47. The van der Waals surface area contributed by atoms with Crippen molar-refractivity contribution in [3.8, 4) is 0 Å². The number of aryl methyl sites for hydroxylation is 2. The highest BCUT2D eigenvalue weighted by molar-refractivity contribution is 9.10. The molecule has 0 saturated heterocycles. The normalized spacial score (nSPS) is 10.7. The standard InChI is InChI=1S/C16H13Br2FO/c1-9-5-12(6-10(2)16(9)18)15(20)8-11-7-13(17)3-4-14(11)19/h3-7H,8H2,1-2H3. The Morgan fingerprint density at radius 2 is 1.70 bits per heavy atom. The number of hydrogen-bond acceptors (Lipinski definition) is 1. The molecule has 0 unspecified atom stereocenters. The van der Waals surface area contributed by atoms with Gasteiger partial charge < -0.3 is 0 Å². The van der Waals surface area contributed by atoms with E-state index < -0.39 is 0 Å². The van der Waals surface area contributed by atoms with E-state index in [1.54, 1.807) is 12.1 Å². The molecule has 2 aromatic rings. The number of Topliss-reactive ketones (excluding diaryl/α,β-unsaturated/α-hetero) is 1. The van der Waals surface area contributed by atoms with Gasteiger partial charge in [-0.3, -0.25) is 4.79 Å². The van der Waals surface area contributed by atoms with Crippen LogP contribution in [0.3, 0.4) is 0 Å². The van der Waals surface area contributed by atoms with Crippen LogP contribution in [0.2, 0.25) is 0 Å². The molecule has 0 fully saturated rings. The lowest BCUT2D eigenvalue weighted by atomic mass is 9.99. The van der Waals surface area contributed by atoms with Crippen molar-refractivity contribution in [2.24, 2.45) is 0 Å². The van der Waals surface area contributed by atoms with E-state index in [1.165, 1.54) is 6.07 Å². The van der Waals surface area contributed by atoms with Crippen molar-refractivity contribution in [1.29, 1.82) is 0 Å². The Balaban J connectivity index is 2.31. The molecule has 0 radical (unpaired) electrons. The SMILES string of the molecule is Cc1cc(C(=O)Cc2cc(Br)ccc2F)cc(C)c1Br. The zero-order valence-corrected chi connectivity index (χ0v) is 14.3. The third kappa shape index (κ3) is 3.36. The van der Waals surface area contributed by atoms with Gasteiger partial charge in [-0.1, -0.05) is 31.9 Å². The third-order valence-corrected chi connectivity index (χ3v) is 4.86. The summed E-state index contributed by atoms with van der Waals surface area (Å²) in [6.07, 6.45) is 0.0613. The van der Waals surface area contributed by atoms with Crippen molar-refractivity contribution in [1.82, 2.24) is 0 Å². The Morgan fingerprint density at radius 3 is 2.30 bits per heavy atom. The van der Waals surface area contributed by atoms with Gasteiger partial charge in [-0.15, -0.1) is 0 Å². The number of carbonyl (C=O) groups is 1. The van der Waals surface area contributed by atoms with E-state index >= 15 is 0 Å². The van der Waals surface area contributed by atoms with E-state index in [0.717, 1.165) is 20.1 Å². The molecular formula is C16H13Br2FO. The Bertz CT molecular complexity index is 657. The second kappa shape index (κ2) is 6.19. The number of rotatable bonds is 3. The fourth-order valence-corrected chi connectivity index (χ4v) is 2.70. The van der Waals surface area contributed by atoms with Crippen LogP contribution in [0.15, 0.2) is 39.3 Å². The smallest absolute Gasteiger partial charge is 0.167 e. The van der Waals surface area contributed by atoms with Gasteiger partial charge in [-0.25, -0.2) is 4.39 Å². The van der Waals surface area contributed by atoms with E-state index in [2.05, 4.69) is 31.9 Å². The summed E-state index contributed by atoms with van der Waals surface area (Å²) in [7, 11) is 0. The molecule has 0 heterocycles. The summed E-state index contributed by atoms with van der Waals surface area (Å²) in [5.74, 6) is -0.437. The molecule has 0 aliphatic rings. The Hall–Kier alpha value is -1.00. The molecule has 4 heteroatoms. The van der Waals surface area contributed by atoms with Gasteiger partial charge in [0.05, 0.1) is 0 Å². The topological polar surface area (TPSA) is 17.1 Å². The van der Waals surface area contributed by atoms with Gasteiger partial charge in [-0.05, 0) is 60.9 Å². The van der Waals surface area contributed by atoms with Crippen molar-refractivity contribution < 1.29 is 9.18 Å².